The van der Waals surface area contributed by atoms with Crippen molar-refractivity contribution in [2.75, 3.05) is 14.1 Å². The molecule has 0 aliphatic rings. The Balaban J connectivity index is 1.60. The Morgan fingerprint density at radius 2 is 1.70 bits per heavy atom. The number of amides is 2. The Labute approximate surface area is 176 Å². The van der Waals surface area contributed by atoms with Gasteiger partial charge in [0.15, 0.2) is 0 Å². The molecule has 0 aliphatic carbocycles. The summed E-state index contributed by atoms with van der Waals surface area (Å²) in [4.78, 5) is 30.3. The van der Waals surface area contributed by atoms with Crippen LogP contribution >= 0.6 is 0 Å². The van der Waals surface area contributed by atoms with Gasteiger partial charge in [0.2, 0.25) is 0 Å². The lowest BCUT2D eigenvalue weighted by Gasteiger charge is -2.12. The van der Waals surface area contributed by atoms with Crippen LogP contribution in [0.5, 0.6) is 5.75 Å². The molecule has 1 heterocycles. The maximum Gasteiger partial charge on any atom is 0.271 e. The number of hydrogen-bond acceptors (Lipinski definition) is 4. The van der Waals surface area contributed by atoms with E-state index >= 15 is 0 Å². The van der Waals surface area contributed by atoms with Gasteiger partial charge in [-0.15, -0.1) is 0 Å². The van der Waals surface area contributed by atoms with E-state index in [9.17, 15) is 9.59 Å². The van der Waals surface area contributed by atoms with Crippen molar-refractivity contribution in [2.45, 2.75) is 20.1 Å². The topological polar surface area (TPSA) is 71.5 Å². The van der Waals surface area contributed by atoms with E-state index in [0.29, 0.717) is 30.1 Å². The summed E-state index contributed by atoms with van der Waals surface area (Å²) in [6.45, 7) is 2.57. The largest absolute Gasteiger partial charge is 0.489 e. The molecule has 0 atom stereocenters. The van der Waals surface area contributed by atoms with Crippen molar-refractivity contribution in [3.8, 4) is 5.75 Å². The van der Waals surface area contributed by atoms with Gasteiger partial charge in [-0.3, -0.25) is 9.59 Å². The highest BCUT2D eigenvalue weighted by atomic mass is 16.5. The van der Waals surface area contributed by atoms with Crippen LogP contribution in [0.4, 0.5) is 0 Å². The maximum absolute atomic E-state index is 12.6. The first kappa shape index (κ1) is 21.0. The van der Waals surface area contributed by atoms with Crippen LogP contribution in [0.25, 0.3) is 0 Å². The highest BCUT2D eigenvalue weighted by Crippen LogP contribution is 2.16. The predicted octanol–water partition coefficient (Wildman–Crippen LogP) is 3.60. The van der Waals surface area contributed by atoms with Crippen molar-refractivity contribution >= 4 is 11.8 Å². The molecule has 3 rings (SSSR count). The molecule has 0 unspecified atom stereocenters. The Kier molecular flexibility index (Phi) is 6.80. The molecule has 0 aliphatic heterocycles. The minimum Gasteiger partial charge on any atom is -0.489 e. The molecule has 6 heteroatoms. The number of hydrogen-bond donors (Lipinski definition) is 1. The van der Waals surface area contributed by atoms with E-state index in [2.05, 4.69) is 10.3 Å². The number of nitrogens with one attached hydrogen (secondary N) is 1. The van der Waals surface area contributed by atoms with Crippen molar-refractivity contribution in [1.82, 2.24) is 15.2 Å². The third-order valence-electron chi connectivity index (χ3n) is 4.56. The van der Waals surface area contributed by atoms with E-state index in [0.717, 1.165) is 16.9 Å². The molecule has 3 aromatic rings. The van der Waals surface area contributed by atoms with Crippen molar-refractivity contribution in [3.05, 3.63) is 94.8 Å². The first-order valence-corrected chi connectivity index (χ1v) is 9.67. The quantitative estimate of drug-likeness (QED) is 0.654. The van der Waals surface area contributed by atoms with Crippen LogP contribution in [0.1, 0.15) is 37.7 Å². The molecule has 1 aromatic heterocycles. The van der Waals surface area contributed by atoms with Gasteiger partial charge in [-0.1, -0.05) is 42.5 Å². The first-order chi connectivity index (χ1) is 14.4. The average Bonchev–Trinajstić information content (AvgIpc) is 2.76. The van der Waals surface area contributed by atoms with Gasteiger partial charge < -0.3 is 15.0 Å². The van der Waals surface area contributed by atoms with Crippen LogP contribution in [0, 0.1) is 6.92 Å². The zero-order valence-electron chi connectivity index (χ0n) is 17.4. The number of aryl methyl sites for hydroxylation is 1. The Morgan fingerprint density at radius 1 is 0.967 bits per heavy atom. The third-order valence-corrected chi connectivity index (χ3v) is 4.56. The smallest absolute Gasteiger partial charge is 0.271 e. The number of carbonyl (C=O) groups excluding carboxylic acids is 2. The minimum absolute atomic E-state index is 0.197. The summed E-state index contributed by atoms with van der Waals surface area (Å²) in [5, 5.41) is 2.90. The lowest BCUT2D eigenvalue weighted by Crippen LogP contribution is -2.26. The molecule has 0 spiro atoms. The van der Waals surface area contributed by atoms with Gasteiger partial charge in [-0.25, -0.2) is 4.98 Å². The average molecular weight is 403 g/mol. The molecule has 1 N–H and O–H groups in total. The molecular formula is C24H25N3O3. The fourth-order valence-electron chi connectivity index (χ4n) is 2.91. The van der Waals surface area contributed by atoms with Crippen molar-refractivity contribution < 1.29 is 14.3 Å². The standard InChI is InChI=1S/C24H25N3O3/c1-17-21(12-13-22(26-17)24(29)27(2)3)23(28)25-15-19-10-7-11-20(14-19)30-16-18-8-5-4-6-9-18/h4-14H,15-16H2,1-3H3,(H,25,28). The van der Waals surface area contributed by atoms with Gasteiger partial charge in [-0.2, -0.15) is 0 Å². The number of aromatic nitrogens is 1. The SMILES string of the molecule is Cc1nc(C(=O)N(C)C)ccc1C(=O)NCc1cccc(OCc2ccccc2)c1. The number of carbonyl (C=O) groups is 2. The second-order valence-electron chi connectivity index (χ2n) is 7.13. The Morgan fingerprint density at radius 3 is 2.40 bits per heavy atom. The summed E-state index contributed by atoms with van der Waals surface area (Å²) in [6, 6.07) is 20.8. The van der Waals surface area contributed by atoms with E-state index in [1.807, 2.05) is 54.6 Å². The minimum atomic E-state index is -0.237. The number of ether oxygens (including phenoxy) is 1. The summed E-state index contributed by atoms with van der Waals surface area (Å²) in [5.74, 6) is 0.312. The van der Waals surface area contributed by atoms with Gasteiger partial charge in [0.05, 0.1) is 11.3 Å². The Hall–Kier alpha value is -3.67. The van der Waals surface area contributed by atoms with E-state index < -0.39 is 0 Å². The number of rotatable bonds is 7. The normalized spacial score (nSPS) is 10.4. The summed E-state index contributed by atoms with van der Waals surface area (Å²) in [6.07, 6.45) is 0. The van der Waals surface area contributed by atoms with Gasteiger partial charge >= 0.3 is 0 Å². The van der Waals surface area contributed by atoms with Gasteiger partial charge in [0, 0.05) is 20.6 Å². The van der Waals surface area contributed by atoms with Crippen molar-refractivity contribution in [1.29, 1.82) is 0 Å². The molecule has 0 fully saturated rings. The van der Waals surface area contributed by atoms with Crippen LogP contribution in [0.2, 0.25) is 0 Å². The number of nitrogens with zero attached hydrogens (tertiary/aromatic N) is 2. The van der Waals surface area contributed by atoms with E-state index in [4.69, 9.17) is 4.74 Å². The number of benzene rings is 2. The maximum atomic E-state index is 12.6. The molecule has 0 bridgehead atoms. The first-order valence-electron chi connectivity index (χ1n) is 9.67. The summed E-state index contributed by atoms with van der Waals surface area (Å²) >= 11 is 0. The van der Waals surface area contributed by atoms with Crippen LogP contribution in [-0.2, 0) is 13.2 Å². The zero-order chi connectivity index (χ0) is 21.5. The molecule has 0 saturated carbocycles. The van der Waals surface area contributed by atoms with Crippen LogP contribution in [-0.4, -0.2) is 35.8 Å². The fourth-order valence-corrected chi connectivity index (χ4v) is 2.91. The molecule has 6 nitrogen and oxygen atoms in total. The highest BCUT2D eigenvalue weighted by molar-refractivity contribution is 5.97. The summed E-state index contributed by atoms with van der Waals surface area (Å²) in [5.41, 5.74) is 3.30. The molecule has 154 valence electrons. The molecule has 30 heavy (non-hydrogen) atoms. The molecule has 0 saturated heterocycles. The van der Waals surface area contributed by atoms with Crippen LogP contribution < -0.4 is 10.1 Å². The number of pyridine rings is 1. The van der Waals surface area contributed by atoms with Crippen LogP contribution in [0.3, 0.4) is 0 Å². The lowest BCUT2D eigenvalue weighted by atomic mass is 10.1. The second kappa shape index (κ2) is 9.69. The third kappa shape index (κ3) is 5.44. The van der Waals surface area contributed by atoms with Gasteiger partial charge in [0.25, 0.3) is 11.8 Å². The van der Waals surface area contributed by atoms with Gasteiger partial charge in [-0.05, 0) is 42.3 Å². The van der Waals surface area contributed by atoms with E-state index in [1.165, 1.54) is 4.90 Å². The zero-order valence-corrected chi connectivity index (χ0v) is 17.4. The van der Waals surface area contributed by atoms with Gasteiger partial charge in [0.1, 0.15) is 18.1 Å². The Bertz CT molecular complexity index is 1030. The highest BCUT2D eigenvalue weighted by Gasteiger charge is 2.15. The van der Waals surface area contributed by atoms with Crippen molar-refractivity contribution in [2.24, 2.45) is 0 Å². The molecule has 2 amide bonds. The molecular weight excluding hydrogens is 378 g/mol. The fraction of sp³-hybridized carbons (Fsp3) is 0.208. The monoisotopic (exact) mass is 403 g/mol. The van der Waals surface area contributed by atoms with Crippen LogP contribution in [0.15, 0.2) is 66.7 Å². The van der Waals surface area contributed by atoms with E-state index in [1.54, 1.807) is 33.2 Å². The lowest BCUT2D eigenvalue weighted by molar-refractivity contribution is 0.0820. The van der Waals surface area contributed by atoms with Crippen molar-refractivity contribution in [3.63, 3.8) is 0 Å². The predicted molar refractivity (Wildman–Crippen MR) is 115 cm³/mol. The summed E-state index contributed by atoms with van der Waals surface area (Å²) < 4.78 is 5.84. The molecule has 2 aromatic carbocycles. The molecule has 0 radical (unpaired) electrons. The second-order valence-corrected chi connectivity index (χ2v) is 7.13. The summed E-state index contributed by atoms with van der Waals surface area (Å²) in [7, 11) is 3.33. The van der Waals surface area contributed by atoms with E-state index in [-0.39, 0.29) is 11.8 Å².